The predicted molar refractivity (Wildman–Crippen MR) is 74.2 cm³/mol. The molecule has 0 saturated carbocycles. The van der Waals surface area contributed by atoms with Crippen LogP contribution in [0.5, 0.6) is 0 Å². The highest BCUT2D eigenvalue weighted by atomic mass is 16.3. The van der Waals surface area contributed by atoms with E-state index in [9.17, 15) is 0 Å². The van der Waals surface area contributed by atoms with E-state index in [0.717, 1.165) is 56.3 Å². The minimum Gasteiger partial charge on any atom is -0.449 e. The Kier molecular flexibility index (Phi) is 3.82. The quantitative estimate of drug-likeness (QED) is 0.854. The molecule has 6 nitrogen and oxygen atoms in total. The molecule has 1 saturated heterocycles. The van der Waals surface area contributed by atoms with E-state index in [0.29, 0.717) is 5.92 Å². The van der Waals surface area contributed by atoms with E-state index in [1.54, 1.807) is 17.3 Å². The summed E-state index contributed by atoms with van der Waals surface area (Å²) < 4.78 is 5.41. The van der Waals surface area contributed by atoms with Gasteiger partial charge in [0.1, 0.15) is 6.26 Å². The van der Waals surface area contributed by atoms with E-state index in [4.69, 9.17) is 4.42 Å². The second kappa shape index (κ2) is 5.75. The molecule has 0 spiro atoms. The van der Waals surface area contributed by atoms with Gasteiger partial charge in [-0.05, 0) is 39.8 Å². The van der Waals surface area contributed by atoms with Gasteiger partial charge >= 0.3 is 0 Å². The molecule has 3 heterocycles. The molecule has 0 unspecified atom stereocenters. The number of rotatable bonds is 4. The molecule has 2 aromatic rings. The summed E-state index contributed by atoms with van der Waals surface area (Å²) in [6.07, 6.45) is 5.59. The monoisotopic (exact) mass is 275 g/mol. The van der Waals surface area contributed by atoms with Crippen molar-refractivity contribution in [3.05, 3.63) is 29.7 Å². The Morgan fingerprint density at radius 1 is 1.30 bits per heavy atom. The predicted octanol–water partition coefficient (Wildman–Crippen LogP) is 1.97. The van der Waals surface area contributed by atoms with Crippen LogP contribution >= 0.6 is 0 Å². The molecule has 1 aliphatic heterocycles. The van der Waals surface area contributed by atoms with E-state index < -0.39 is 0 Å². The maximum absolute atomic E-state index is 5.41. The topological polar surface area (TPSA) is 60.0 Å². The van der Waals surface area contributed by atoms with Crippen molar-refractivity contribution in [1.29, 1.82) is 0 Å². The number of hydrogen-bond acceptors (Lipinski definition) is 5. The molecule has 20 heavy (non-hydrogen) atoms. The van der Waals surface area contributed by atoms with Crippen molar-refractivity contribution in [1.82, 2.24) is 24.9 Å². The van der Waals surface area contributed by atoms with Gasteiger partial charge in [0.15, 0.2) is 5.89 Å². The molecule has 0 amide bonds. The standard InChI is InChI=1S/C14H21N5O/c1-3-19-16-11(2)13(17-19)10-18-7-4-12(5-8-18)14-15-6-9-20-14/h6,9,12H,3-5,7-8,10H2,1-2H3. The van der Waals surface area contributed by atoms with E-state index in [1.807, 2.05) is 6.92 Å². The molecule has 0 N–H and O–H groups in total. The molecule has 0 aliphatic carbocycles. The van der Waals surface area contributed by atoms with Gasteiger partial charge in [-0.25, -0.2) is 4.98 Å². The Morgan fingerprint density at radius 3 is 2.70 bits per heavy atom. The zero-order chi connectivity index (χ0) is 13.9. The SMILES string of the molecule is CCn1nc(C)c(CN2CCC(c3ncco3)CC2)n1. The molecule has 1 aliphatic rings. The molecule has 0 atom stereocenters. The van der Waals surface area contributed by atoms with Crippen LogP contribution in [0.15, 0.2) is 16.9 Å². The van der Waals surface area contributed by atoms with Crippen molar-refractivity contribution in [2.75, 3.05) is 13.1 Å². The summed E-state index contributed by atoms with van der Waals surface area (Å²) in [7, 11) is 0. The van der Waals surface area contributed by atoms with E-state index in [-0.39, 0.29) is 0 Å². The van der Waals surface area contributed by atoms with Crippen molar-refractivity contribution in [2.24, 2.45) is 0 Å². The third-order valence-electron chi connectivity index (χ3n) is 3.96. The lowest BCUT2D eigenvalue weighted by Gasteiger charge is -2.29. The zero-order valence-electron chi connectivity index (χ0n) is 12.1. The lowest BCUT2D eigenvalue weighted by molar-refractivity contribution is 0.190. The van der Waals surface area contributed by atoms with Crippen LogP contribution in [0.3, 0.4) is 0 Å². The van der Waals surface area contributed by atoms with Gasteiger partial charge in [-0.2, -0.15) is 15.0 Å². The van der Waals surface area contributed by atoms with Gasteiger partial charge in [-0.3, -0.25) is 4.90 Å². The van der Waals surface area contributed by atoms with Crippen LogP contribution in [-0.2, 0) is 13.1 Å². The van der Waals surface area contributed by atoms with Crippen LogP contribution < -0.4 is 0 Å². The normalized spacial score (nSPS) is 17.7. The lowest BCUT2D eigenvalue weighted by atomic mass is 9.96. The van der Waals surface area contributed by atoms with E-state index in [2.05, 4.69) is 27.0 Å². The smallest absolute Gasteiger partial charge is 0.197 e. The fourth-order valence-electron chi connectivity index (χ4n) is 2.74. The first-order valence-electron chi connectivity index (χ1n) is 7.28. The fraction of sp³-hybridized carbons (Fsp3) is 0.643. The van der Waals surface area contributed by atoms with Gasteiger partial charge in [0.2, 0.25) is 0 Å². The van der Waals surface area contributed by atoms with Gasteiger partial charge in [-0.1, -0.05) is 0 Å². The van der Waals surface area contributed by atoms with Crippen molar-refractivity contribution in [3.8, 4) is 0 Å². The Bertz CT molecular complexity index is 540. The Labute approximate surface area is 118 Å². The minimum absolute atomic E-state index is 0.466. The summed E-state index contributed by atoms with van der Waals surface area (Å²) >= 11 is 0. The van der Waals surface area contributed by atoms with Gasteiger partial charge in [0, 0.05) is 12.5 Å². The van der Waals surface area contributed by atoms with Gasteiger partial charge < -0.3 is 4.42 Å². The van der Waals surface area contributed by atoms with Gasteiger partial charge in [0.25, 0.3) is 0 Å². The molecule has 108 valence electrons. The number of aryl methyl sites for hydroxylation is 2. The van der Waals surface area contributed by atoms with E-state index in [1.165, 1.54) is 0 Å². The number of nitrogens with zero attached hydrogens (tertiary/aromatic N) is 5. The van der Waals surface area contributed by atoms with Crippen LogP contribution in [0.25, 0.3) is 0 Å². The first-order chi connectivity index (χ1) is 9.76. The average Bonchev–Trinajstić information content (AvgIpc) is 3.10. The maximum Gasteiger partial charge on any atom is 0.197 e. The average molecular weight is 275 g/mol. The van der Waals surface area contributed by atoms with E-state index >= 15 is 0 Å². The number of oxazole rings is 1. The number of likely N-dealkylation sites (tertiary alicyclic amines) is 1. The van der Waals surface area contributed by atoms with Crippen LogP contribution in [0.1, 0.15) is 43.0 Å². The highest BCUT2D eigenvalue weighted by Gasteiger charge is 2.24. The molecule has 0 bridgehead atoms. The number of aromatic nitrogens is 4. The van der Waals surface area contributed by atoms with Crippen molar-refractivity contribution < 1.29 is 4.42 Å². The number of piperidine rings is 1. The first-order valence-corrected chi connectivity index (χ1v) is 7.28. The largest absolute Gasteiger partial charge is 0.449 e. The van der Waals surface area contributed by atoms with Crippen LogP contribution in [0.2, 0.25) is 0 Å². The molecular formula is C14H21N5O. The van der Waals surface area contributed by atoms with Crippen LogP contribution in [-0.4, -0.2) is 38.0 Å². The maximum atomic E-state index is 5.41. The highest BCUT2D eigenvalue weighted by molar-refractivity contribution is 5.06. The summed E-state index contributed by atoms with van der Waals surface area (Å²) in [5.41, 5.74) is 2.14. The Morgan fingerprint density at radius 2 is 2.10 bits per heavy atom. The lowest BCUT2D eigenvalue weighted by Crippen LogP contribution is -2.32. The van der Waals surface area contributed by atoms with Gasteiger partial charge in [-0.15, -0.1) is 0 Å². The molecule has 6 heteroatoms. The van der Waals surface area contributed by atoms with Crippen molar-refractivity contribution in [2.45, 2.75) is 45.7 Å². The van der Waals surface area contributed by atoms with Crippen LogP contribution in [0, 0.1) is 6.92 Å². The summed E-state index contributed by atoms with van der Waals surface area (Å²) in [6.45, 7) is 7.94. The molecule has 1 fully saturated rings. The third-order valence-corrected chi connectivity index (χ3v) is 3.96. The third kappa shape index (κ3) is 2.75. The molecular weight excluding hydrogens is 254 g/mol. The minimum atomic E-state index is 0.466. The highest BCUT2D eigenvalue weighted by Crippen LogP contribution is 2.27. The zero-order valence-corrected chi connectivity index (χ0v) is 12.1. The molecule has 2 aromatic heterocycles. The summed E-state index contributed by atoms with van der Waals surface area (Å²) in [5.74, 6) is 1.35. The van der Waals surface area contributed by atoms with Crippen molar-refractivity contribution in [3.63, 3.8) is 0 Å². The Hall–Kier alpha value is -1.69. The molecule has 3 rings (SSSR count). The summed E-state index contributed by atoms with van der Waals surface area (Å²) in [4.78, 5) is 8.48. The summed E-state index contributed by atoms with van der Waals surface area (Å²) in [6, 6.07) is 0. The van der Waals surface area contributed by atoms with Gasteiger partial charge in [0.05, 0.1) is 24.1 Å². The molecule has 0 radical (unpaired) electrons. The Balaban J connectivity index is 1.57. The van der Waals surface area contributed by atoms with Crippen molar-refractivity contribution >= 4 is 0 Å². The second-order valence-electron chi connectivity index (χ2n) is 5.34. The summed E-state index contributed by atoms with van der Waals surface area (Å²) in [5, 5.41) is 8.93. The second-order valence-corrected chi connectivity index (χ2v) is 5.34. The fourth-order valence-corrected chi connectivity index (χ4v) is 2.74. The number of hydrogen-bond donors (Lipinski definition) is 0. The first kappa shape index (κ1) is 13.3. The molecule has 0 aromatic carbocycles. The van der Waals surface area contributed by atoms with Crippen LogP contribution in [0.4, 0.5) is 0 Å².